The third-order valence-electron chi connectivity index (χ3n) is 1.68. The van der Waals surface area contributed by atoms with E-state index in [9.17, 15) is 4.79 Å². The van der Waals surface area contributed by atoms with Crippen molar-refractivity contribution in [2.75, 3.05) is 3.11 Å². The zero-order valence-electron chi connectivity index (χ0n) is 9.63. The first-order valence-electron chi connectivity index (χ1n) is 4.84. The number of anilines is 1. The first-order chi connectivity index (χ1) is 7.70. The average molecular weight is 479 g/mol. The Morgan fingerprint density at radius 3 is 2.47 bits per heavy atom. The molecule has 1 aromatic carbocycles. The van der Waals surface area contributed by atoms with Gasteiger partial charge in [0.25, 0.3) is 0 Å². The molecule has 0 fully saturated rings. The van der Waals surface area contributed by atoms with E-state index in [0.717, 1.165) is 9.26 Å². The van der Waals surface area contributed by atoms with Crippen molar-refractivity contribution in [3.05, 3.63) is 26.8 Å². The molecular formula is C11H12ClI2NO2. The van der Waals surface area contributed by atoms with E-state index in [4.69, 9.17) is 16.3 Å². The molecule has 0 aliphatic carbocycles. The van der Waals surface area contributed by atoms with Crippen molar-refractivity contribution in [2.24, 2.45) is 0 Å². The van der Waals surface area contributed by atoms with Crippen molar-refractivity contribution in [1.29, 1.82) is 0 Å². The number of ether oxygens (including phenoxy) is 1. The molecule has 0 bridgehead atoms. The van der Waals surface area contributed by atoms with Gasteiger partial charge in [0.15, 0.2) is 0 Å². The van der Waals surface area contributed by atoms with Gasteiger partial charge in [-0.1, -0.05) is 11.6 Å². The number of carbonyl (C=O) groups is 1. The molecule has 0 N–H and O–H groups in total. The second kappa shape index (κ2) is 5.92. The number of nitrogens with zero attached hydrogens (tertiary/aromatic N) is 1. The van der Waals surface area contributed by atoms with Crippen LogP contribution in [0.1, 0.15) is 20.8 Å². The smallest absolute Gasteiger partial charge is 0.423 e. The Labute approximate surface area is 133 Å². The fraction of sp³-hybridized carbons (Fsp3) is 0.364. The maximum absolute atomic E-state index is 11.9. The molecule has 0 aliphatic heterocycles. The monoisotopic (exact) mass is 479 g/mol. The van der Waals surface area contributed by atoms with Gasteiger partial charge in [-0.2, -0.15) is 0 Å². The largest absolute Gasteiger partial charge is 0.443 e. The van der Waals surface area contributed by atoms with Crippen LogP contribution in [0.2, 0.25) is 5.02 Å². The molecule has 1 rings (SSSR count). The molecular weight excluding hydrogens is 467 g/mol. The Balaban J connectivity index is 2.89. The van der Waals surface area contributed by atoms with Gasteiger partial charge in [0.05, 0.1) is 28.6 Å². The first-order valence-corrected chi connectivity index (χ1v) is 7.27. The van der Waals surface area contributed by atoms with Gasteiger partial charge in [0.1, 0.15) is 5.60 Å². The van der Waals surface area contributed by atoms with E-state index in [1.807, 2.05) is 43.6 Å². The summed E-state index contributed by atoms with van der Waals surface area (Å²) in [5, 5.41) is 0.645. The van der Waals surface area contributed by atoms with E-state index in [1.54, 1.807) is 18.2 Å². The third kappa shape index (κ3) is 4.78. The Morgan fingerprint density at radius 1 is 1.41 bits per heavy atom. The lowest BCUT2D eigenvalue weighted by Gasteiger charge is -2.23. The van der Waals surface area contributed by atoms with Crippen molar-refractivity contribution in [3.8, 4) is 0 Å². The van der Waals surface area contributed by atoms with Crippen LogP contribution in [0.15, 0.2) is 18.2 Å². The zero-order chi connectivity index (χ0) is 13.2. The number of carbonyl (C=O) groups excluding carboxylic acids is 1. The molecule has 0 saturated heterocycles. The summed E-state index contributed by atoms with van der Waals surface area (Å²) in [7, 11) is 0. The Bertz CT molecular complexity index is 432. The van der Waals surface area contributed by atoms with Gasteiger partial charge < -0.3 is 4.74 Å². The Hall–Kier alpha value is 0.240. The van der Waals surface area contributed by atoms with Crippen molar-refractivity contribution < 1.29 is 9.53 Å². The number of hydrogen-bond donors (Lipinski definition) is 0. The molecule has 1 aromatic rings. The lowest BCUT2D eigenvalue weighted by molar-refractivity contribution is 0.0617. The van der Waals surface area contributed by atoms with Gasteiger partial charge in [-0.25, -0.2) is 7.91 Å². The van der Waals surface area contributed by atoms with Crippen molar-refractivity contribution in [3.63, 3.8) is 0 Å². The lowest BCUT2D eigenvalue weighted by atomic mass is 10.2. The van der Waals surface area contributed by atoms with Crippen molar-refractivity contribution >= 4 is 68.8 Å². The SMILES string of the molecule is CC(C)(C)OC(=O)N(I)c1ccc(Cl)cc1I. The van der Waals surface area contributed by atoms with Crippen LogP contribution < -0.4 is 3.11 Å². The van der Waals surface area contributed by atoms with Crippen LogP contribution in [0.3, 0.4) is 0 Å². The number of benzene rings is 1. The molecule has 0 saturated carbocycles. The molecule has 17 heavy (non-hydrogen) atoms. The summed E-state index contributed by atoms with van der Waals surface area (Å²) in [5.74, 6) is 0. The average Bonchev–Trinajstić information content (AvgIpc) is 2.14. The minimum atomic E-state index is -0.502. The van der Waals surface area contributed by atoms with E-state index >= 15 is 0 Å². The molecule has 6 heteroatoms. The standard InChI is InChI=1S/C11H12ClI2NO2/c1-11(2,3)17-10(16)15(14)9-5-4-7(12)6-8(9)13/h4-6H,1-3H3. The highest BCUT2D eigenvalue weighted by molar-refractivity contribution is 14.1. The Kier molecular flexibility index (Phi) is 5.33. The second-order valence-corrected chi connectivity index (χ2v) is 6.92. The maximum atomic E-state index is 11.9. The molecule has 0 aromatic heterocycles. The maximum Gasteiger partial charge on any atom is 0.423 e. The first kappa shape index (κ1) is 15.3. The summed E-state index contributed by atoms with van der Waals surface area (Å²) in [6, 6.07) is 5.34. The van der Waals surface area contributed by atoms with Crippen LogP contribution in [-0.2, 0) is 4.74 Å². The van der Waals surface area contributed by atoms with Crippen molar-refractivity contribution in [1.82, 2.24) is 0 Å². The minimum Gasteiger partial charge on any atom is -0.443 e. The molecule has 94 valence electrons. The molecule has 0 atom stereocenters. The number of amides is 1. The highest BCUT2D eigenvalue weighted by Crippen LogP contribution is 2.29. The predicted octanol–water partition coefficient (Wildman–Crippen LogP) is 5.04. The second-order valence-electron chi connectivity index (χ2n) is 4.36. The molecule has 0 heterocycles. The van der Waals surface area contributed by atoms with Crippen molar-refractivity contribution in [2.45, 2.75) is 26.4 Å². The fourth-order valence-electron chi connectivity index (χ4n) is 1.04. The van der Waals surface area contributed by atoms with Crippen LogP contribution in [-0.4, -0.2) is 11.7 Å². The number of hydrogen-bond acceptors (Lipinski definition) is 2. The molecule has 1 amide bonds. The van der Waals surface area contributed by atoms with E-state index in [1.165, 1.54) is 3.11 Å². The van der Waals surface area contributed by atoms with E-state index < -0.39 is 11.7 Å². The minimum absolute atomic E-state index is 0.390. The van der Waals surface area contributed by atoms with Gasteiger partial charge in [0.2, 0.25) is 0 Å². The van der Waals surface area contributed by atoms with E-state index in [-0.39, 0.29) is 0 Å². The van der Waals surface area contributed by atoms with Gasteiger partial charge >= 0.3 is 6.09 Å². The summed E-state index contributed by atoms with van der Waals surface area (Å²) in [5.41, 5.74) is 0.267. The number of halogens is 3. The third-order valence-corrected chi connectivity index (χ3v) is 3.69. The van der Waals surface area contributed by atoms with Crippen LogP contribution >= 0.6 is 57.1 Å². The molecule has 0 radical (unpaired) electrons. The van der Waals surface area contributed by atoms with E-state index in [2.05, 4.69) is 22.6 Å². The molecule has 0 aliphatic rings. The number of rotatable bonds is 1. The van der Waals surface area contributed by atoms with Crippen LogP contribution in [0, 0.1) is 3.57 Å². The summed E-state index contributed by atoms with van der Waals surface area (Å²) >= 11 is 9.92. The summed E-state index contributed by atoms with van der Waals surface area (Å²) in [6.07, 6.45) is -0.390. The highest BCUT2D eigenvalue weighted by atomic mass is 127. The summed E-state index contributed by atoms with van der Waals surface area (Å²) in [4.78, 5) is 11.9. The highest BCUT2D eigenvalue weighted by Gasteiger charge is 2.23. The summed E-state index contributed by atoms with van der Waals surface area (Å²) < 4.78 is 7.63. The zero-order valence-corrected chi connectivity index (χ0v) is 14.7. The molecule has 3 nitrogen and oxygen atoms in total. The fourth-order valence-corrected chi connectivity index (χ4v) is 3.13. The summed E-state index contributed by atoms with van der Waals surface area (Å²) in [6.45, 7) is 5.51. The van der Waals surface area contributed by atoms with E-state index in [0.29, 0.717) is 5.02 Å². The van der Waals surface area contributed by atoms with Crippen LogP contribution in [0.25, 0.3) is 0 Å². The molecule has 0 spiro atoms. The topological polar surface area (TPSA) is 29.5 Å². The Morgan fingerprint density at radius 2 is 2.00 bits per heavy atom. The molecule has 0 unspecified atom stereocenters. The van der Waals surface area contributed by atoms with Gasteiger partial charge in [-0.05, 0) is 61.6 Å². The van der Waals surface area contributed by atoms with Crippen LogP contribution in [0.4, 0.5) is 10.5 Å². The quantitative estimate of drug-likeness (QED) is 0.418. The predicted molar refractivity (Wildman–Crippen MR) is 86.9 cm³/mol. The normalized spacial score (nSPS) is 11.2. The lowest BCUT2D eigenvalue weighted by Crippen LogP contribution is -2.31. The van der Waals surface area contributed by atoms with Gasteiger partial charge in [-0.15, -0.1) is 0 Å². The van der Waals surface area contributed by atoms with Gasteiger partial charge in [-0.3, -0.25) is 0 Å². The van der Waals surface area contributed by atoms with Gasteiger partial charge in [0, 0.05) is 8.59 Å². The van der Waals surface area contributed by atoms with Crippen LogP contribution in [0.5, 0.6) is 0 Å².